The minimum absolute atomic E-state index is 0.146. The number of nitrogens with zero attached hydrogens (tertiary/aromatic N) is 2. The number of anilines is 1. The summed E-state index contributed by atoms with van der Waals surface area (Å²) in [5.41, 5.74) is 2.59. The Bertz CT molecular complexity index is 518. The third kappa shape index (κ3) is 4.04. The second-order valence-electron chi connectivity index (χ2n) is 8.10. The van der Waals surface area contributed by atoms with Crippen LogP contribution in [0.1, 0.15) is 52.5 Å². The third-order valence-corrected chi connectivity index (χ3v) is 5.31. The van der Waals surface area contributed by atoms with Crippen LogP contribution in [0.4, 0.5) is 5.69 Å². The summed E-state index contributed by atoms with van der Waals surface area (Å²) in [5, 5.41) is 3.70. The minimum Gasteiger partial charge on any atom is -0.381 e. The molecule has 0 bridgehead atoms. The van der Waals surface area contributed by atoms with E-state index in [1.54, 1.807) is 0 Å². The fourth-order valence-electron chi connectivity index (χ4n) is 3.74. The number of likely N-dealkylation sites (tertiary alicyclic amines) is 1. The van der Waals surface area contributed by atoms with Crippen LogP contribution >= 0.6 is 0 Å². The van der Waals surface area contributed by atoms with Crippen LogP contribution in [0.2, 0.25) is 0 Å². The molecule has 0 aliphatic carbocycles. The van der Waals surface area contributed by atoms with Crippen LogP contribution in [-0.2, 0) is 10.2 Å². The van der Waals surface area contributed by atoms with Gasteiger partial charge in [-0.25, -0.2) is 0 Å². The maximum Gasteiger partial charge on any atom is 0.0703 e. The molecule has 1 aromatic rings. The van der Waals surface area contributed by atoms with Gasteiger partial charge in [0.2, 0.25) is 0 Å². The zero-order valence-corrected chi connectivity index (χ0v) is 15.0. The smallest absolute Gasteiger partial charge is 0.0703 e. The van der Waals surface area contributed by atoms with E-state index in [4.69, 9.17) is 4.74 Å². The first kappa shape index (κ1) is 16.7. The molecule has 0 saturated carbocycles. The van der Waals surface area contributed by atoms with E-state index in [2.05, 4.69) is 49.0 Å². The molecule has 1 aromatic heterocycles. The van der Waals surface area contributed by atoms with Gasteiger partial charge in [-0.2, -0.15) is 0 Å². The molecule has 0 spiro atoms. The Hall–Kier alpha value is -1.13. The van der Waals surface area contributed by atoms with Crippen molar-refractivity contribution in [3.8, 4) is 0 Å². The number of aromatic nitrogens is 1. The van der Waals surface area contributed by atoms with Crippen molar-refractivity contribution in [3.63, 3.8) is 0 Å². The number of hydrogen-bond acceptors (Lipinski definition) is 4. The summed E-state index contributed by atoms with van der Waals surface area (Å²) in [6, 6.07) is 3.44. The van der Waals surface area contributed by atoms with Crippen LogP contribution in [0, 0.1) is 0 Å². The first-order valence-electron chi connectivity index (χ1n) is 9.01. The van der Waals surface area contributed by atoms with Crippen molar-refractivity contribution in [1.29, 1.82) is 0 Å². The fourth-order valence-corrected chi connectivity index (χ4v) is 3.74. The van der Waals surface area contributed by atoms with Gasteiger partial charge in [-0.1, -0.05) is 20.8 Å². The van der Waals surface area contributed by atoms with Crippen molar-refractivity contribution in [1.82, 2.24) is 9.88 Å². The van der Waals surface area contributed by atoms with Gasteiger partial charge in [0, 0.05) is 44.2 Å². The molecule has 0 amide bonds. The van der Waals surface area contributed by atoms with Crippen LogP contribution in [-0.4, -0.2) is 47.8 Å². The Morgan fingerprint density at radius 3 is 2.52 bits per heavy atom. The molecule has 4 heteroatoms. The molecular formula is C19H31N3O. The van der Waals surface area contributed by atoms with E-state index in [1.165, 1.54) is 37.9 Å². The largest absolute Gasteiger partial charge is 0.381 e. The summed E-state index contributed by atoms with van der Waals surface area (Å²) in [7, 11) is 0. The molecule has 23 heavy (non-hydrogen) atoms. The van der Waals surface area contributed by atoms with Crippen LogP contribution in [0.5, 0.6) is 0 Å². The maximum atomic E-state index is 5.72. The van der Waals surface area contributed by atoms with Crippen molar-refractivity contribution in [2.24, 2.45) is 0 Å². The minimum atomic E-state index is 0.146. The molecule has 2 aliphatic rings. The Morgan fingerprint density at radius 1 is 1.17 bits per heavy atom. The highest BCUT2D eigenvalue weighted by Gasteiger charge is 2.32. The van der Waals surface area contributed by atoms with E-state index in [-0.39, 0.29) is 5.41 Å². The van der Waals surface area contributed by atoms with E-state index in [9.17, 15) is 0 Å². The number of piperidine rings is 1. The lowest BCUT2D eigenvalue weighted by atomic mass is 9.88. The second-order valence-corrected chi connectivity index (χ2v) is 8.10. The van der Waals surface area contributed by atoms with Crippen LogP contribution in [0.3, 0.4) is 0 Å². The quantitative estimate of drug-likeness (QED) is 0.927. The Labute approximate surface area is 140 Å². The fraction of sp³-hybridized carbons (Fsp3) is 0.737. The average Bonchev–Trinajstić information content (AvgIpc) is 2.94. The highest BCUT2D eigenvalue weighted by Crippen LogP contribution is 2.26. The molecule has 2 unspecified atom stereocenters. The molecule has 2 saturated heterocycles. The molecular weight excluding hydrogens is 286 g/mol. The van der Waals surface area contributed by atoms with Crippen LogP contribution in [0.25, 0.3) is 0 Å². The first-order valence-corrected chi connectivity index (χ1v) is 9.01. The molecule has 3 heterocycles. The molecule has 4 nitrogen and oxygen atoms in total. The SMILES string of the molecule is CC1OCCC1N1CCC(Nc2cncc(C(C)(C)C)c2)CC1. The Kier molecular flexibility index (Phi) is 4.93. The molecule has 2 atom stereocenters. The topological polar surface area (TPSA) is 37.4 Å². The van der Waals surface area contributed by atoms with Gasteiger partial charge in [-0.05, 0) is 43.2 Å². The van der Waals surface area contributed by atoms with Crippen LogP contribution in [0.15, 0.2) is 18.5 Å². The van der Waals surface area contributed by atoms with E-state index >= 15 is 0 Å². The molecule has 1 N–H and O–H groups in total. The molecule has 2 fully saturated rings. The Balaban J connectivity index is 1.55. The summed E-state index contributed by atoms with van der Waals surface area (Å²) >= 11 is 0. The highest BCUT2D eigenvalue weighted by atomic mass is 16.5. The lowest BCUT2D eigenvalue weighted by Crippen LogP contribution is -2.47. The normalized spacial score (nSPS) is 27.3. The lowest BCUT2D eigenvalue weighted by Gasteiger charge is -2.37. The van der Waals surface area contributed by atoms with E-state index < -0.39 is 0 Å². The number of rotatable bonds is 3. The van der Waals surface area contributed by atoms with Gasteiger partial charge in [-0.3, -0.25) is 9.88 Å². The molecule has 2 aliphatic heterocycles. The Morgan fingerprint density at radius 2 is 1.91 bits per heavy atom. The van der Waals surface area contributed by atoms with Gasteiger partial charge in [0.25, 0.3) is 0 Å². The zero-order valence-electron chi connectivity index (χ0n) is 15.0. The molecule has 128 valence electrons. The van der Waals surface area contributed by atoms with Crippen molar-refractivity contribution < 1.29 is 4.74 Å². The second kappa shape index (κ2) is 6.78. The summed E-state index contributed by atoms with van der Waals surface area (Å²) < 4.78 is 5.72. The summed E-state index contributed by atoms with van der Waals surface area (Å²) in [5.74, 6) is 0. The van der Waals surface area contributed by atoms with Crippen molar-refractivity contribution >= 4 is 5.69 Å². The van der Waals surface area contributed by atoms with Gasteiger partial charge in [0.05, 0.1) is 11.8 Å². The van der Waals surface area contributed by atoms with Crippen molar-refractivity contribution in [3.05, 3.63) is 24.0 Å². The van der Waals surface area contributed by atoms with E-state index in [0.717, 1.165) is 12.3 Å². The van der Waals surface area contributed by atoms with Crippen LogP contribution < -0.4 is 5.32 Å². The molecule has 3 rings (SSSR count). The summed E-state index contributed by atoms with van der Waals surface area (Å²) in [4.78, 5) is 7.04. The number of nitrogens with one attached hydrogen (secondary N) is 1. The van der Waals surface area contributed by atoms with Gasteiger partial charge in [0.15, 0.2) is 0 Å². The maximum absolute atomic E-state index is 5.72. The third-order valence-electron chi connectivity index (χ3n) is 5.31. The average molecular weight is 317 g/mol. The van der Waals surface area contributed by atoms with Crippen molar-refractivity contribution in [2.45, 2.75) is 70.6 Å². The van der Waals surface area contributed by atoms with Crippen molar-refractivity contribution in [2.75, 3.05) is 25.0 Å². The monoisotopic (exact) mass is 317 g/mol. The summed E-state index contributed by atoms with van der Waals surface area (Å²) in [6.07, 6.45) is 7.92. The number of hydrogen-bond donors (Lipinski definition) is 1. The van der Waals surface area contributed by atoms with Gasteiger partial charge >= 0.3 is 0 Å². The van der Waals surface area contributed by atoms with Gasteiger partial charge < -0.3 is 10.1 Å². The predicted octanol–water partition coefficient (Wildman–Crippen LogP) is 3.43. The van der Waals surface area contributed by atoms with Gasteiger partial charge in [-0.15, -0.1) is 0 Å². The van der Waals surface area contributed by atoms with Gasteiger partial charge in [0.1, 0.15) is 0 Å². The standard InChI is InChI=1S/C19H31N3O/c1-14-18(7-10-23-14)22-8-5-16(6-9-22)21-17-11-15(12-20-13-17)19(2,3)4/h11-14,16,18,21H,5-10H2,1-4H3. The predicted molar refractivity (Wildman–Crippen MR) is 95.0 cm³/mol. The van der Waals surface area contributed by atoms with E-state index in [1.807, 2.05) is 12.4 Å². The summed E-state index contributed by atoms with van der Waals surface area (Å²) in [6.45, 7) is 12.2. The van der Waals surface area contributed by atoms with E-state index in [0.29, 0.717) is 18.2 Å². The first-order chi connectivity index (χ1) is 10.9. The molecule has 0 radical (unpaired) electrons. The highest BCUT2D eigenvalue weighted by molar-refractivity contribution is 5.45. The lowest BCUT2D eigenvalue weighted by molar-refractivity contribution is 0.0641. The number of ether oxygens (including phenoxy) is 1. The zero-order chi connectivity index (χ0) is 16.4. The molecule has 0 aromatic carbocycles. The number of pyridine rings is 1.